The number of allylic oxidation sites excluding steroid dienone is 8. The van der Waals surface area contributed by atoms with Crippen LogP contribution in [0, 0.1) is 17.3 Å². The molecule has 4 aliphatic rings. The summed E-state index contributed by atoms with van der Waals surface area (Å²) in [4.78, 5) is 28.4. The second-order valence-corrected chi connectivity index (χ2v) is 19.8. The van der Waals surface area contributed by atoms with Gasteiger partial charge in [-0.2, -0.15) is 0 Å². The van der Waals surface area contributed by atoms with Crippen molar-refractivity contribution in [3.05, 3.63) is 129 Å². The van der Waals surface area contributed by atoms with Crippen molar-refractivity contribution in [2.45, 2.75) is 154 Å². The molecular weight excluding hydrogens is 819 g/mol. The van der Waals surface area contributed by atoms with Crippen LogP contribution in [0.4, 0.5) is 0 Å². The zero-order valence-corrected chi connectivity index (χ0v) is 39.1. The number of rotatable bonds is 10. The van der Waals surface area contributed by atoms with Crippen LogP contribution in [-0.2, 0) is 35.3 Å². The number of amides is 1. The maximum Gasteiger partial charge on any atom is 0.243 e. The number of benzene rings is 2. The molecule has 6 rings (SSSR count). The molecule has 1 amide bonds. The van der Waals surface area contributed by atoms with Crippen LogP contribution in [0.1, 0.15) is 137 Å². The standard InChI is InChI=1S/C54H75N3O8/c1-33(2)10-6-11-34(3)12-7-15-40(32-59)44-22-24-54(50(44)63)46-20-19-41(60)29-38-27-36(13-9-25-58)26-37(28-38)17-18-42(61)31-56-49-48-39(14-8-16-45(48)51(55)57-52(49)64)30-47(62)35(4)43(46)21-23-53(54,5)65/h7-8,10,12,14-16,26-28,41-42,44,46,49-51,56,58-61,63,65H,3,6,9,11,13,17-25,29-32,55H2,1-2,4-5H3,(H,57,64). The van der Waals surface area contributed by atoms with Gasteiger partial charge in [-0.1, -0.05) is 84.0 Å². The zero-order chi connectivity index (χ0) is 47.1. The number of β-amino-alcohol motifs (C(OH)–C–C–N with tert-alkyl or cyclic N) is 1. The first-order valence-electron chi connectivity index (χ1n) is 23.9. The van der Waals surface area contributed by atoms with E-state index >= 15 is 0 Å². The molecule has 11 heteroatoms. The number of hydrogen-bond donors (Lipinski definition) is 9. The third kappa shape index (κ3) is 11.6. The fourth-order valence-electron chi connectivity index (χ4n) is 11.5. The molecule has 9 unspecified atom stereocenters. The quantitative estimate of drug-likeness (QED) is 0.0984. The Hall–Kier alpha value is -4.04. The SMILES string of the molecule is C=C(C=CC=C(CO)C1CCC2(C3CCC(O)Cc4cc(CCCO)cc(c4)CCC(O)CNC4C(=O)NC(N)c5cccc(c54)CC(=O)C(C)=C3CCC2(C)O)C1O)CCC=C(C)C. The van der Waals surface area contributed by atoms with Crippen LogP contribution in [0.15, 0.2) is 95.1 Å². The summed E-state index contributed by atoms with van der Waals surface area (Å²) in [6, 6.07) is 10.9. The fourth-order valence-corrected chi connectivity index (χ4v) is 11.5. The number of aryl methyl sites for hydroxylation is 2. The van der Waals surface area contributed by atoms with E-state index in [1.165, 1.54) is 5.57 Å². The molecule has 354 valence electrons. The Morgan fingerprint density at radius 1 is 0.985 bits per heavy atom. The van der Waals surface area contributed by atoms with E-state index in [1.54, 1.807) is 6.92 Å². The average molecular weight is 894 g/mol. The molecule has 10 N–H and O–H groups in total. The molecule has 2 saturated carbocycles. The summed E-state index contributed by atoms with van der Waals surface area (Å²) in [5, 5.41) is 75.0. The van der Waals surface area contributed by atoms with Crippen LogP contribution in [-0.4, -0.2) is 86.0 Å². The monoisotopic (exact) mass is 894 g/mol. The molecule has 2 heterocycles. The van der Waals surface area contributed by atoms with Crippen molar-refractivity contribution in [3.8, 4) is 0 Å². The van der Waals surface area contributed by atoms with Crippen LogP contribution < -0.4 is 16.4 Å². The Bertz CT molecular complexity index is 2170. The van der Waals surface area contributed by atoms with Crippen molar-refractivity contribution < 1.29 is 40.2 Å². The van der Waals surface area contributed by atoms with E-state index in [-0.39, 0.29) is 37.9 Å². The van der Waals surface area contributed by atoms with Crippen molar-refractivity contribution in [1.29, 1.82) is 0 Å². The highest BCUT2D eigenvalue weighted by Crippen LogP contribution is 2.63. The molecule has 2 aromatic rings. The number of Topliss-reactive ketones (excluding diaryl/α,β-unsaturated/α-hetero) is 1. The molecule has 11 nitrogen and oxygen atoms in total. The highest BCUT2D eigenvalue weighted by Gasteiger charge is 2.64. The second kappa shape index (κ2) is 22.2. The predicted octanol–water partition coefficient (Wildman–Crippen LogP) is 6.14. The molecule has 9 atom stereocenters. The minimum absolute atomic E-state index is 0.0141. The Labute approximate surface area is 386 Å². The molecule has 65 heavy (non-hydrogen) atoms. The van der Waals surface area contributed by atoms with E-state index in [9.17, 15) is 40.2 Å². The summed E-state index contributed by atoms with van der Waals surface area (Å²) in [6.45, 7) is 11.9. The van der Waals surface area contributed by atoms with Gasteiger partial charge in [0.1, 0.15) is 12.2 Å². The highest BCUT2D eigenvalue weighted by molar-refractivity contribution is 5.98. The molecule has 0 radical (unpaired) electrons. The summed E-state index contributed by atoms with van der Waals surface area (Å²) < 4.78 is 0. The molecule has 2 aliphatic heterocycles. The lowest BCUT2D eigenvalue weighted by Crippen LogP contribution is -2.59. The minimum atomic E-state index is -1.34. The average Bonchev–Trinajstić information content (AvgIpc) is 3.60. The number of carbonyl (C=O) groups excluding carboxylic acids is 2. The Morgan fingerprint density at radius 2 is 1.75 bits per heavy atom. The third-order valence-corrected chi connectivity index (χ3v) is 15.0. The lowest BCUT2D eigenvalue weighted by atomic mass is 9.52. The van der Waals surface area contributed by atoms with Crippen LogP contribution in [0.2, 0.25) is 0 Å². The number of fused-ring (bicyclic) bond motifs is 4. The number of aliphatic hydroxyl groups is 6. The highest BCUT2D eigenvalue weighted by atomic mass is 16.3. The largest absolute Gasteiger partial charge is 0.396 e. The Kier molecular flexibility index (Phi) is 17.2. The topological polar surface area (TPSA) is 206 Å². The number of hydrogen-bond acceptors (Lipinski definition) is 10. The first-order valence-corrected chi connectivity index (χ1v) is 23.9. The van der Waals surface area contributed by atoms with Crippen molar-refractivity contribution >= 4 is 11.7 Å². The number of ketones is 1. The first-order chi connectivity index (χ1) is 31.0. The third-order valence-electron chi connectivity index (χ3n) is 15.0. The van der Waals surface area contributed by atoms with Crippen molar-refractivity contribution in [2.24, 2.45) is 23.0 Å². The Balaban J connectivity index is 1.42. The van der Waals surface area contributed by atoms with Gasteiger partial charge in [0.15, 0.2) is 5.78 Å². The molecule has 2 bridgehead atoms. The summed E-state index contributed by atoms with van der Waals surface area (Å²) in [6.07, 6.45) is 11.1. The first kappa shape index (κ1) is 50.4. The zero-order valence-electron chi connectivity index (χ0n) is 39.1. The summed E-state index contributed by atoms with van der Waals surface area (Å²) >= 11 is 0. The van der Waals surface area contributed by atoms with Gasteiger partial charge in [-0.05, 0) is 162 Å². The van der Waals surface area contributed by atoms with E-state index in [2.05, 4.69) is 55.3 Å². The van der Waals surface area contributed by atoms with Gasteiger partial charge in [0.25, 0.3) is 0 Å². The number of nitrogens with two attached hydrogens (primary N) is 1. The van der Waals surface area contributed by atoms with Crippen LogP contribution in [0.3, 0.4) is 0 Å². The van der Waals surface area contributed by atoms with E-state index in [0.29, 0.717) is 98.5 Å². The predicted molar refractivity (Wildman–Crippen MR) is 255 cm³/mol. The van der Waals surface area contributed by atoms with Gasteiger partial charge in [0.05, 0.1) is 30.5 Å². The maximum absolute atomic E-state index is 14.8. The normalized spacial score (nSPS) is 30.5. The lowest BCUT2D eigenvalue weighted by molar-refractivity contribution is -0.168. The number of aliphatic hydroxyl groups excluding tert-OH is 5. The second-order valence-electron chi connectivity index (χ2n) is 19.8. The molecule has 0 aromatic heterocycles. The summed E-state index contributed by atoms with van der Waals surface area (Å²) in [5.41, 5.74) is 13.2. The maximum atomic E-state index is 14.8. The van der Waals surface area contributed by atoms with Crippen LogP contribution in [0.5, 0.6) is 0 Å². The van der Waals surface area contributed by atoms with Crippen molar-refractivity contribution in [1.82, 2.24) is 10.6 Å². The van der Waals surface area contributed by atoms with Gasteiger partial charge in [-0.3, -0.25) is 14.9 Å². The molecule has 0 saturated heterocycles. The van der Waals surface area contributed by atoms with E-state index in [0.717, 1.165) is 40.7 Å². The van der Waals surface area contributed by atoms with E-state index < -0.39 is 53.4 Å². The molecule has 1 spiro atoms. The number of nitrogens with one attached hydrogen (secondary N) is 2. The van der Waals surface area contributed by atoms with Crippen LogP contribution >= 0.6 is 0 Å². The van der Waals surface area contributed by atoms with Gasteiger partial charge in [-0.25, -0.2) is 0 Å². The molecular formula is C54H75N3O8. The van der Waals surface area contributed by atoms with Gasteiger partial charge < -0.3 is 41.7 Å². The molecule has 2 aromatic carbocycles. The van der Waals surface area contributed by atoms with Crippen molar-refractivity contribution in [3.63, 3.8) is 0 Å². The number of carbonyl (C=O) groups is 2. The van der Waals surface area contributed by atoms with Gasteiger partial charge in [0.2, 0.25) is 5.91 Å². The minimum Gasteiger partial charge on any atom is -0.396 e. The van der Waals surface area contributed by atoms with Gasteiger partial charge >= 0.3 is 0 Å². The molecule has 2 fully saturated rings. The van der Waals surface area contributed by atoms with E-state index in [1.807, 2.05) is 43.4 Å². The van der Waals surface area contributed by atoms with Crippen LogP contribution in [0.25, 0.3) is 0 Å². The molecule has 2 aliphatic carbocycles. The Morgan fingerprint density at radius 3 is 2.49 bits per heavy atom. The van der Waals surface area contributed by atoms with Gasteiger partial charge in [0, 0.05) is 30.9 Å². The smallest absolute Gasteiger partial charge is 0.243 e. The van der Waals surface area contributed by atoms with Gasteiger partial charge in [-0.15, -0.1) is 0 Å². The van der Waals surface area contributed by atoms with E-state index in [4.69, 9.17) is 5.73 Å². The fraction of sp³-hybridized carbons (Fsp3) is 0.556. The van der Waals surface area contributed by atoms with Crippen molar-refractivity contribution in [2.75, 3.05) is 19.8 Å². The summed E-state index contributed by atoms with van der Waals surface area (Å²) in [7, 11) is 0. The lowest BCUT2D eigenvalue weighted by Gasteiger charge is -2.56. The summed E-state index contributed by atoms with van der Waals surface area (Å²) in [5.74, 6) is -1.42.